The minimum absolute atomic E-state index is 0.0591. The van der Waals surface area contributed by atoms with Crippen molar-refractivity contribution in [3.8, 4) is 0 Å². The van der Waals surface area contributed by atoms with Crippen LogP contribution in [0, 0.1) is 0 Å². The molecule has 1 atom stereocenters. The van der Waals surface area contributed by atoms with Gasteiger partial charge >= 0.3 is 0 Å². The first-order valence-electron chi connectivity index (χ1n) is 9.94. The van der Waals surface area contributed by atoms with Crippen LogP contribution in [0.25, 0.3) is 6.08 Å². The summed E-state index contributed by atoms with van der Waals surface area (Å²) in [6.07, 6.45) is 3.54. The van der Waals surface area contributed by atoms with Gasteiger partial charge in [0.1, 0.15) is 0 Å². The average molecular weight is 430 g/mol. The van der Waals surface area contributed by atoms with Gasteiger partial charge in [0.15, 0.2) is 0 Å². The Kier molecular flexibility index (Phi) is 7.25. The number of amides is 1. The summed E-state index contributed by atoms with van der Waals surface area (Å²) in [4.78, 5) is 11.1. The summed E-state index contributed by atoms with van der Waals surface area (Å²) in [6.45, 7) is 3.24. The maximum absolute atomic E-state index is 12.7. The Hall–Kier alpha value is -2.68. The van der Waals surface area contributed by atoms with Gasteiger partial charge < -0.3 is 5.32 Å². The lowest BCUT2D eigenvalue weighted by atomic mass is 9.98. The van der Waals surface area contributed by atoms with E-state index in [-0.39, 0.29) is 5.75 Å². The fourth-order valence-corrected chi connectivity index (χ4v) is 4.66. The number of benzene rings is 2. The Morgan fingerprint density at radius 2 is 1.97 bits per heavy atom. The van der Waals surface area contributed by atoms with Crippen molar-refractivity contribution in [1.29, 1.82) is 0 Å². The number of carbonyl (C=O) groups is 1. The molecule has 0 fully saturated rings. The van der Waals surface area contributed by atoms with Crippen LogP contribution in [-0.4, -0.2) is 42.7 Å². The summed E-state index contributed by atoms with van der Waals surface area (Å²) >= 11 is 0. The molecule has 1 amide bonds. The Bertz CT molecular complexity index is 1000. The molecule has 7 nitrogen and oxygen atoms in total. The number of carbonyl (C=O) groups excluding carboxylic acids is 1. The van der Waals surface area contributed by atoms with Gasteiger partial charge in [-0.15, -0.1) is 0 Å². The van der Waals surface area contributed by atoms with Gasteiger partial charge in [-0.1, -0.05) is 42.5 Å². The number of nitrogens with one attached hydrogen (secondary N) is 2. The molecule has 0 radical (unpaired) electrons. The van der Waals surface area contributed by atoms with E-state index in [2.05, 4.69) is 17.4 Å². The molecular formula is C22H27N3O4S. The average Bonchev–Trinajstić information content (AvgIpc) is 3.18. The number of rotatable bonds is 9. The van der Waals surface area contributed by atoms with Crippen molar-refractivity contribution in [2.24, 2.45) is 0 Å². The summed E-state index contributed by atoms with van der Waals surface area (Å²) in [5.74, 6) is -0.257. The monoisotopic (exact) mass is 429 g/mol. The van der Waals surface area contributed by atoms with Crippen molar-refractivity contribution >= 4 is 27.7 Å². The van der Waals surface area contributed by atoms with Gasteiger partial charge in [0.2, 0.25) is 10.0 Å². The molecule has 0 aliphatic carbocycles. The normalized spacial score (nSPS) is 15.9. The topological polar surface area (TPSA) is 98.7 Å². The van der Waals surface area contributed by atoms with Crippen molar-refractivity contribution < 1.29 is 18.4 Å². The Morgan fingerprint density at radius 3 is 2.67 bits per heavy atom. The number of hydrogen-bond acceptors (Lipinski definition) is 5. The van der Waals surface area contributed by atoms with E-state index in [4.69, 9.17) is 5.21 Å². The molecule has 160 valence electrons. The maximum Gasteiger partial charge on any atom is 0.267 e. The van der Waals surface area contributed by atoms with Crippen molar-refractivity contribution in [3.05, 3.63) is 71.3 Å². The quantitative estimate of drug-likeness (QED) is 0.323. The SMILES string of the molecule is CCS(=O)(=O)N(CCC1CNc2ccccc21)Cc1ccc(/C=C/C(=O)NO)cc1. The van der Waals surface area contributed by atoms with Crippen LogP contribution < -0.4 is 10.8 Å². The molecule has 1 unspecified atom stereocenters. The molecule has 2 aromatic carbocycles. The van der Waals surface area contributed by atoms with Gasteiger partial charge in [-0.2, -0.15) is 4.31 Å². The smallest absolute Gasteiger partial charge is 0.267 e. The summed E-state index contributed by atoms with van der Waals surface area (Å²) < 4.78 is 26.9. The second kappa shape index (κ2) is 9.88. The zero-order valence-corrected chi connectivity index (χ0v) is 17.7. The molecule has 1 aliphatic rings. The summed E-state index contributed by atoms with van der Waals surface area (Å²) in [6, 6.07) is 15.5. The van der Waals surface area contributed by atoms with Crippen LogP contribution in [0.5, 0.6) is 0 Å². The molecule has 1 heterocycles. The highest BCUT2D eigenvalue weighted by atomic mass is 32.2. The number of hydrogen-bond donors (Lipinski definition) is 3. The third-order valence-corrected chi connectivity index (χ3v) is 7.13. The molecule has 2 aromatic rings. The van der Waals surface area contributed by atoms with Crippen molar-refractivity contribution in [2.75, 3.05) is 24.2 Å². The lowest BCUT2D eigenvalue weighted by Gasteiger charge is -2.23. The number of para-hydroxylation sites is 1. The van der Waals surface area contributed by atoms with E-state index in [0.717, 1.165) is 29.8 Å². The second-order valence-electron chi connectivity index (χ2n) is 7.24. The van der Waals surface area contributed by atoms with Crippen molar-refractivity contribution in [1.82, 2.24) is 9.79 Å². The first kappa shape index (κ1) is 22.0. The molecule has 0 bridgehead atoms. The van der Waals surface area contributed by atoms with Crippen LogP contribution in [-0.2, 0) is 21.4 Å². The fourth-order valence-electron chi connectivity index (χ4n) is 3.56. The largest absolute Gasteiger partial charge is 0.384 e. The van der Waals surface area contributed by atoms with E-state index in [1.54, 1.807) is 17.3 Å². The van der Waals surface area contributed by atoms with Gasteiger partial charge in [-0.3, -0.25) is 10.0 Å². The minimum Gasteiger partial charge on any atom is -0.384 e. The van der Waals surface area contributed by atoms with E-state index < -0.39 is 15.9 Å². The maximum atomic E-state index is 12.7. The van der Waals surface area contributed by atoms with Crippen LogP contribution >= 0.6 is 0 Å². The Labute approximate surface area is 177 Å². The number of nitrogens with zero attached hydrogens (tertiary/aromatic N) is 1. The van der Waals surface area contributed by atoms with Gasteiger partial charge in [-0.25, -0.2) is 13.9 Å². The molecule has 3 N–H and O–H groups in total. The van der Waals surface area contributed by atoms with Gasteiger partial charge in [-0.05, 0) is 42.2 Å². The zero-order valence-electron chi connectivity index (χ0n) is 16.9. The third kappa shape index (κ3) is 5.47. The zero-order chi connectivity index (χ0) is 21.6. The standard InChI is InChI=1S/C22H27N3O4S/c1-2-30(28,29)25(14-13-19-15-23-21-6-4-3-5-20(19)21)16-18-9-7-17(8-10-18)11-12-22(26)24-27/h3-12,19,23,27H,2,13-16H2,1H3,(H,24,26)/b12-11+. The van der Waals surface area contributed by atoms with Gasteiger partial charge in [0, 0.05) is 37.3 Å². The highest BCUT2D eigenvalue weighted by molar-refractivity contribution is 7.89. The Morgan fingerprint density at radius 1 is 1.23 bits per heavy atom. The molecule has 8 heteroatoms. The van der Waals surface area contributed by atoms with Crippen molar-refractivity contribution in [3.63, 3.8) is 0 Å². The predicted octanol–water partition coefficient (Wildman–Crippen LogP) is 2.96. The highest BCUT2D eigenvalue weighted by Crippen LogP contribution is 2.33. The lowest BCUT2D eigenvalue weighted by Crippen LogP contribution is -2.33. The number of sulfonamides is 1. The first-order chi connectivity index (χ1) is 14.4. The van der Waals surface area contributed by atoms with E-state index in [0.29, 0.717) is 19.0 Å². The molecular weight excluding hydrogens is 402 g/mol. The molecule has 0 spiro atoms. The fraction of sp³-hybridized carbons (Fsp3) is 0.318. The van der Waals surface area contributed by atoms with E-state index >= 15 is 0 Å². The summed E-state index contributed by atoms with van der Waals surface area (Å²) in [5.41, 5.74) is 5.57. The molecule has 0 aromatic heterocycles. The number of hydroxylamine groups is 1. The molecule has 0 saturated carbocycles. The molecule has 3 rings (SSSR count). The first-order valence-corrected chi connectivity index (χ1v) is 11.6. The predicted molar refractivity (Wildman–Crippen MR) is 118 cm³/mol. The third-order valence-electron chi connectivity index (χ3n) is 5.30. The van der Waals surface area contributed by atoms with Crippen LogP contribution in [0.1, 0.15) is 36.0 Å². The summed E-state index contributed by atoms with van der Waals surface area (Å²) in [5, 5.41) is 11.9. The van der Waals surface area contributed by atoms with E-state index in [1.807, 2.05) is 36.4 Å². The molecule has 0 saturated heterocycles. The molecule has 1 aliphatic heterocycles. The highest BCUT2D eigenvalue weighted by Gasteiger charge is 2.25. The number of fused-ring (bicyclic) bond motifs is 1. The van der Waals surface area contributed by atoms with Crippen LogP contribution in [0.2, 0.25) is 0 Å². The molecule has 30 heavy (non-hydrogen) atoms. The second-order valence-corrected chi connectivity index (χ2v) is 9.50. The van der Waals surface area contributed by atoms with Gasteiger partial charge in [0.05, 0.1) is 5.75 Å². The van der Waals surface area contributed by atoms with Gasteiger partial charge in [0.25, 0.3) is 5.91 Å². The van der Waals surface area contributed by atoms with Crippen LogP contribution in [0.3, 0.4) is 0 Å². The van der Waals surface area contributed by atoms with Crippen molar-refractivity contribution in [2.45, 2.75) is 25.8 Å². The van der Waals surface area contributed by atoms with E-state index in [9.17, 15) is 13.2 Å². The van der Waals surface area contributed by atoms with Crippen LogP contribution in [0.15, 0.2) is 54.6 Å². The summed E-state index contributed by atoms with van der Waals surface area (Å²) in [7, 11) is -3.34. The lowest BCUT2D eigenvalue weighted by molar-refractivity contribution is -0.124. The van der Waals surface area contributed by atoms with Crippen LogP contribution in [0.4, 0.5) is 5.69 Å². The minimum atomic E-state index is -3.34. The van der Waals surface area contributed by atoms with E-state index in [1.165, 1.54) is 17.1 Å². The Balaban J connectivity index is 1.68. The number of anilines is 1.